The lowest BCUT2D eigenvalue weighted by molar-refractivity contribution is 0.602. The molecular weight excluding hydrogens is 354 g/mol. The number of halogens is 1. The van der Waals surface area contributed by atoms with Crippen molar-refractivity contribution < 1.29 is 8.42 Å². The van der Waals surface area contributed by atoms with Crippen LogP contribution in [-0.4, -0.2) is 19.7 Å². The maximum Gasteiger partial charge on any atom is 0.175 e. The van der Waals surface area contributed by atoms with Crippen molar-refractivity contribution in [3.63, 3.8) is 0 Å². The number of benzene rings is 1. The summed E-state index contributed by atoms with van der Waals surface area (Å²) < 4.78 is 23.6. The normalized spacial score (nSPS) is 11.4. The van der Waals surface area contributed by atoms with Crippen LogP contribution in [0.5, 0.6) is 0 Å². The van der Waals surface area contributed by atoms with Gasteiger partial charge in [0.1, 0.15) is 5.82 Å². The van der Waals surface area contributed by atoms with E-state index in [4.69, 9.17) is 5.73 Å². The van der Waals surface area contributed by atoms with Crippen LogP contribution in [0.4, 0.5) is 11.5 Å². The summed E-state index contributed by atoms with van der Waals surface area (Å²) in [6.07, 6.45) is 2.80. The largest absolute Gasteiger partial charge is 0.397 e. The van der Waals surface area contributed by atoms with Gasteiger partial charge >= 0.3 is 0 Å². The SMILES string of the molecule is Cc1c(N)cnc(NCc2ccc(S(C)(=O)=O)cc2)c1Br. The van der Waals surface area contributed by atoms with Gasteiger partial charge in [-0.1, -0.05) is 12.1 Å². The average Bonchev–Trinajstić information content (AvgIpc) is 2.43. The monoisotopic (exact) mass is 369 g/mol. The second-order valence-corrected chi connectivity index (χ2v) is 7.58. The number of nitrogen functional groups attached to an aromatic ring is 1. The van der Waals surface area contributed by atoms with Gasteiger partial charge in [0.2, 0.25) is 0 Å². The number of hydrogen-bond acceptors (Lipinski definition) is 5. The second kappa shape index (κ2) is 6.03. The highest BCUT2D eigenvalue weighted by Gasteiger charge is 2.08. The van der Waals surface area contributed by atoms with Crippen molar-refractivity contribution in [1.82, 2.24) is 4.98 Å². The van der Waals surface area contributed by atoms with Crippen LogP contribution < -0.4 is 11.1 Å². The lowest BCUT2D eigenvalue weighted by Crippen LogP contribution is -2.05. The van der Waals surface area contributed by atoms with Crippen molar-refractivity contribution in [3.05, 3.63) is 46.1 Å². The molecule has 0 aliphatic carbocycles. The molecular formula is C14H16BrN3O2S. The Morgan fingerprint density at radius 1 is 1.29 bits per heavy atom. The van der Waals surface area contributed by atoms with Crippen molar-refractivity contribution in [3.8, 4) is 0 Å². The molecule has 112 valence electrons. The van der Waals surface area contributed by atoms with Gasteiger partial charge in [-0.25, -0.2) is 13.4 Å². The molecule has 0 aliphatic rings. The van der Waals surface area contributed by atoms with Crippen molar-refractivity contribution in [1.29, 1.82) is 0 Å². The second-order valence-electron chi connectivity index (χ2n) is 4.77. The minimum Gasteiger partial charge on any atom is -0.397 e. The zero-order valence-corrected chi connectivity index (χ0v) is 14.1. The first-order chi connectivity index (χ1) is 9.79. The summed E-state index contributed by atoms with van der Waals surface area (Å²) in [5.41, 5.74) is 8.30. The molecule has 0 atom stereocenters. The Balaban J connectivity index is 2.12. The van der Waals surface area contributed by atoms with Crippen LogP contribution in [0.15, 0.2) is 39.8 Å². The summed E-state index contributed by atoms with van der Waals surface area (Å²) in [5.74, 6) is 0.703. The zero-order chi connectivity index (χ0) is 15.6. The molecule has 1 heterocycles. The van der Waals surface area contributed by atoms with Crippen molar-refractivity contribution in [2.75, 3.05) is 17.3 Å². The number of hydrogen-bond donors (Lipinski definition) is 2. The smallest absolute Gasteiger partial charge is 0.175 e. The van der Waals surface area contributed by atoms with Gasteiger partial charge in [0.05, 0.1) is 21.3 Å². The third-order valence-electron chi connectivity index (χ3n) is 3.11. The van der Waals surface area contributed by atoms with Crippen LogP contribution in [0.2, 0.25) is 0 Å². The number of rotatable bonds is 4. The highest BCUT2D eigenvalue weighted by Crippen LogP contribution is 2.27. The first-order valence-electron chi connectivity index (χ1n) is 6.22. The Bertz CT molecular complexity index is 759. The molecule has 3 N–H and O–H groups in total. The minimum absolute atomic E-state index is 0.314. The lowest BCUT2D eigenvalue weighted by Gasteiger charge is -2.11. The molecule has 0 saturated heterocycles. The van der Waals surface area contributed by atoms with E-state index in [0.29, 0.717) is 22.9 Å². The topological polar surface area (TPSA) is 85.1 Å². The standard InChI is InChI=1S/C14H16BrN3O2S/c1-9-12(16)8-18-14(13(9)15)17-7-10-3-5-11(6-4-10)21(2,19)20/h3-6,8H,7,16H2,1-2H3,(H,17,18). The van der Waals surface area contributed by atoms with Crippen LogP contribution >= 0.6 is 15.9 Å². The molecule has 1 aromatic carbocycles. The molecule has 0 bridgehead atoms. The Kier molecular flexibility index (Phi) is 4.53. The van der Waals surface area contributed by atoms with Crippen LogP contribution in [0.25, 0.3) is 0 Å². The number of aromatic nitrogens is 1. The molecule has 0 amide bonds. The number of sulfone groups is 1. The molecule has 7 heteroatoms. The van der Waals surface area contributed by atoms with E-state index in [0.717, 1.165) is 15.6 Å². The van der Waals surface area contributed by atoms with Crippen molar-refractivity contribution in [2.24, 2.45) is 0 Å². The molecule has 0 radical (unpaired) electrons. The van der Waals surface area contributed by atoms with Crippen LogP contribution in [-0.2, 0) is 16.4 Å². The Hall–Kier alpha value is -1.60. The number of nitrogens with zero attached hydrogens (tertiary/aromatic N) is 1. The highest BCUT2D eigenvalue weighted by molar-refractivity contribution is 9.10. The van der Waals surface area contributed by atoms with Gasteiger partial charge in [0, 0.05) is 12.8 Å². The van der Waals surface area contributed by atoms with E-state index in [1.54, 1.807) is 30.5 Å². The van der Waals surface area contributed by atoms with Crippen molar-refractivity contribution in [2.45, 2.75) is 18.4 Å². The van der Waals surface area contributed by atoms with Crippen molar-refractivity contribution >= 4 is 37.3 Å². The number of nitrogens with one attached hydrogen (secondary N) is 1. The molecule has 0 aliphatic heterocycles. The number of anilines is 2. The molecule has 1 aromatic heterocycles. The summed E-state index contributed by atoms with van der Waals surface area (Å²) in [5, 5.41) is 3.19. The quantitative estimate of drug-likeness (QED) is 0.865. The molecule has 0 spiro atoms. The lowest BCUT2D eigenvalue weighted by atomic mass is 10.2. The molecule has 0 fully saturated rings. The fourth-order valence-corrected chi connectivity index (χ4v) is 2.86. The zero-order valence-electron chi connectivity index (χ0n) is 11.7. The fraction of sp³-hybridized carbons (Fsp3) is 0.214. The Morgan fingerprint density at radius 3 is 2.48 bits per heavy atom. The summed E-state index contributed by atoms with van der Waals surface area (Å²) in [7, 11) is -3.16. The predicted octanol–water partition coefficient (Wildman–Crippen LogP) is 2.75. The summed E-state index contributed by atoms with van der Waals surface area (Å²) in [6, 6.07) is 6.76. The Morgan fingerprint density at radius 2 is 1.90 bits per heavy atom. The van der Waals surface area contributed by atoms with Gasteiger partial charge in [-0.2, -0.15) is 0 Å². The maximum absolute atomic E-state index is 11.4. The minimum atomic E-state index is -3.16. The molecule has 0 unspecified atom stereocenters. The predicted molar refractivity (Wildman–Crippen MR) is 88.0 cm³/mol. The van der Waals surface area contributed by atoms with Gasteiger partial charge in [-0.05, 0) is 46.1 Å². The van der Waals surface area contributed by atoms with Gasteiger partial charge in [-0.15, -0.1) is 0 Å². The van der Waals surface area contributed by atoms with Crippen LogP contribution in [0.3, 0.4) is 0 Å². The van der Waals surface area contributed by atoms with E-state index >= 15 is 0 Å². The molecule has 21 heavy (non-hydrogen) atoms. The summed E-state index contributed by atoms with van der Waals surface area (Å²) in [6.45, 7) is 2.45. The third kappa shape index (κ3) is 3.74. The highest BCUT2D eigenvalue weighted by atomic mass is 79.9. The number of nitrogens with two attached hydrogens (primary N) is 1. The molecule has 2 rings (SSSR count). The van der Waals surface area contributed by atoms with E-state index in [2.05, 4.69) is 26.2 Å². The molecule has 0 saturated carbocycles. The first-order valence-corrected chi connectivity index (χ1v) is 8.91. The van der Waals surface area contributed by atoms with Gasteiger partial charge < -0.3 is 11.1 Å². The van der Waals surface area contributed by atoms with E-state index in [1.165, 1.54) is 6.26 Å². The fourth-order valence-electron chi connectivity index (χ4n) is 1.76. The van der Waals surface area contributed by atoms with Crippen LogP contribution in [0, 0.1) is 6.92 Å². The van der Waals surface area contributed by atoms with E-state index in [-0.39, 0.29) is 0 Å². The number of pyridine rings is 1. The van der Waals surface area contributed by atoms with Gasteiger partial charge in [-0.3, -0.25) is 0 Å². The van der Waals surface area contributed by atoms with E-state index < -0.39 is 9.84 Å². The summed E-state index contributed by atoms with van der Waals surface area (Å²) >= 11 is 3.46. The molecule has 5 nitrogen and oxygen atoms in total. The van der Waals surface area contributed by atoms with E-state index in [9.17, 15) is 8.42 Å². The maximum atomic E-state index is 11.4. The van der Waals surface area contributed by atoms with Gasteiger partial charge in [0.15, 0.2) is 9.84 Å². The Labute approximate surface area is 132 Å². The van der Waals surface area contributed by atoms with Crippen LogP contribution in [0.1, 0.15) is 11.1 Å². The summed E-state index contributed by atoms with van der Waals surface area (Å²) in [4.78, 5) is 4.55. The first kappa shape index (κ1) is 15.8. The molecule has 2 aromatic rings. The third-order valence-corrected chi connectivity index (χ3v) is 5.21. The average molecular weight is 370 g/mol. The van der Waals surface area contributed by atoms with Gasteiger partial charge in [0.25, 0.3) is 0 Å². The van der Waals surface area contributed by atoms with E-state index in [1.807, 2.05) is 6.92 Å².